The SMILES string of the molecule is O=C(O)c1cncc(C(=O)NCC2CCCO2)c1. The van der Waals surface area contributed by atoms with Gasteiger partial charge in [-0.1, -0.05) is 0 Å². The van der Waals surface area contributed by atoms with E-state index in [-0.39, 0.29) is 23.1 Å². The molecule has 0 spiro atoms. The Labute approximate surface area is 104 Å². The van der Waals surface area contributed by atoms with E-state index in [0.29, 0.717) is 6.54 Å². The van der Waals surface area contributed by atoms with Crippen molar-refractivity contribution < 1.29 is 19.4 Å². The number of aromatic nitrogens is 1. The highest BCUT2D eigenvalue weighted by Crippen LogP contribution is 2.11. The highest BCUT2D eigenvalue weighted by Gasteiger charge is 2.17. The van der Waals surface area contributed by atoms with Crippen molar-refractivity contribution >= 4 is 11.9 Å². The van der Waals surface area contributed by atoms with Crippen molar-refractivity contribution in [2.75, 3.05) is 13.2 Å². The number of carbonyl (C=O) groups excluding carboxylic acids is 1. The Kier molecular flexibility index (Phi) is 3.88. The van der Waals surface area contributed by atoms with E-state index in [4.69, 9.17) is 9.84 Å². The smallest absolute Gasteiger partial charge is 0.337 e. The number of pyridine rings is 1. The van der Waals surface area contributed by atoms with E-state index in [1.54, 1.807) is 0 Å². The van der Waals surface area contributed by atoms with Gasteiger partial charge in [-0.15, -0.1) is 0 Å². The summed E-state index contributed by atoms with van der Waals surface area (Å²) in [6, 6.07) is 1.31. The minimum Gasteiger partial charge on any atom is -0.478 e. The monoisotopic (exact) mass is 250 g/mol. The lowest BCUT2D eigenvalue weighted by Gasteiger charge is -2.10. The molecule has 1 saturated heterocycles. The molecule has 96 valence electrons. The third-order valence-corrected chi connectivity index (χ3v) is 2.76. The molecular formula is C12H14N2O4. The highest BCUT2D eigenvalue weighted by molar-refractivity contribution is 5.96. The lowest BCUT2D eigenvalue weighted by Crippen LogP contribution is -2.31. The average Bonchev–Trinajstić information content (AvgIpc) is 2.89. The first-order valence-corrected chi connectivity index (χ1v) is 5.75. The summed E-state index contributed by atoms with van der Waals surface area (Å²) in [5.74, 6) is -1.43. The topological polar surface area (TPSA) is 88.5 Å². The number of amides is 1. The van der Waals surface area contributed by atoms with Crippen LogP contribution in [0.15, 0.2) is 18.5 Å². The standard InChI is InChI=1S/C12H14N2O4/c15-11(14-7-10-2-1-3-18-10)8-4-9(12(16)17)6-13-5-8/h4-6,10H,1-3,7H2,(H,14,15)(H,16,17). The minimum absolute atomic E-state index is 0.000216. The van der Waals surface area contributed by atoms with Crippen LogP contribution < -0.4 is 5.32 Å². The van der Waals surface area contributed by atoms with Gasteiger partial charge >= 0.3 is 5.97 Å². The van der Waals surface area contributed by atoms with Crippen LogP contribution in [0.5, 0.6) is 0 Å². The van der Waals surface area contributed by atoms with Gasteiger partial charge in [-0.05, 0) is 18.9 Å². The molecule has 2 heterocycles. The molecule has 2 rings (SSSR count). The van der Waals surface area contributed by atoms with Crippen LogP contribution >= 0.6 is 0 Å². The molecule has 2 N–H and O–H groups in total. The number of carbonyl (C=O) groups is 2. The van der Waals surface area contributed by atoms with Crippen molar-refractivity contribution in [3.8, 4) is 0 Å². The third kappa shape index (κ3) is 3.04. The lowest BCUT2D eigenvalue weighted by atomic mass is 10.2. The van der Waals surface area contributed by atoms with Crippen LogP contribution in [0.4, 0.5) is 0 Å². The zero-order valence-electron chi connectivity index (χ0n) is 9.76. The largest absolute Gasteiger partial charge is 0.478 e. The predicted molar refractivity (Wildman–Crippen MR) is 62.5 cm³/mol. The zero-order chi connectivity index (χ0) is 13.0. The maximum absolute atomic E-state index is 11.8. The summed E-state index contributed by atoms with van der Waals surface area (Å²) in [5, 5.41) is 11.5. The Morgan fingerprint density at radius 3 is 2.89 bits per heavy atom. The van der Waals surface area contributed by atoms with E-state index in [1.807, 2.05) is 0 Å². The van der Waals surface area contributed by atoms with E-state index < -0.39 is 5.97 Å². The van der Waals surface area contributed by atoms with Crippen molar-refractivity contribution in [3.63, 3.8) is 0 Å². The molecule has 1 aromatic heterocycles. The van der Waals surface area contributed by atoms with Crippen LogP contribution in [-0.2, 0) is 4.74 Å². The maximum atomic E-state index is 11.8. The molecule has 1 unspecified atom stereocenters. The van der Waals surface area contributed by atoms with Crippen LogP contribution in [0.1, 0.15) is 33.6 Å². The number of hydrogen-bond donors (Lipinski definition) is 2. The number of nitrogens with one attached hydrogen (secondary N) is 1. The summed E-state index contributed by atoms with van der Waals surface area (Å²) in [7, 11) is 0. The molecule has 1 fully saturated rings. The summed E-state index contributed by atoms with van der Waals surface area (Å²) in [6.07, 6.45) is 4.56. The molecule has 1 amide bonds. The van der Waals surface area contributed by atoms with Crippen LogP contribution in [-0.4, -0.2) is 41.2 Å². The molecule has 0 bridgehead atoms. The Morgan fingerprint density at radius 1 is 1.44 bits per heavy atom. The second-order valence-electron chi connectivity index (χ2n) is 4.11. The fourth-order valence-electron chi connectivity index (χ4n) is 1.79. The summed E-state index contributed by atoms with van der Waals surface area (Å²) in [4.78, 5) is 26.3. The fourth-order valence-corrected chi connectivity index (χ4v) is 1.79. The number of carboxylic acids is 1. The van der Waals surface area contributed by atoms with Crippen molar-refractivity contribution in [1.29, 1.82) is 0 Å². The second kappa shape index (κ2) is 5.59. The zero-order valence-corrected chi connectivity index (χ0v) is 9.76. The predicted octanol–water partition coefficient (Wildman–Crippen LogP) is 0.689. The quantitative estimate of drug-likeness (QED) is 0.820. The van der Waals surface area contributed by atoms with E-state index in [1.165, 1.54) is 18.5 Å². The van der Waals surface area contributed by atoms with E-state index >= 15 is 0 Å². The van der Waals surface area contributed by atoms with E-state index in [0.717, 1.165) is 19.4 Å². The van der Waals surface area contributed by atoms with Crippen molar-refractivity contribution in [3.05, 3.63) is 29.6 Å². The first kappa shape index (κ1) is 12.5. The van der Waals surface area contributed by atoms with Gasteiger partial charge in [0, 0.05) is 25.5 Å². The Morgan fingerprint density at radius 2 is 2.22 bits per heavy atom. The molecule has 0 radical (unpaired) electrons. The van der Waals surface area contributed by atoms with E-state index in [2.05, 4.69) is 10.3 Å². The van der Waals surface area contributed by atoms with Crippen LogP contribution in [0.2, 0.25) is 0 Å². The minimum atomic E-state index is -1.10. The van der Waals surface area contributed by atoms with Gasteiger partial charge in [0.25, 0.3) is 5.91 Å². The number of carboxylic acid groups (broad SMARTS) is 1. The van der Waals surface area contributed by atoms with Gasteiger partial charge in [-0.25, -0.2) is 4.79 Å². The van der Waals surface area contributed by atoms with E-state index in [9.17, 15) is 9.59 Å². The molecular weight excluding hydrogens is 236 g/mol. The van der Waals surface area contributed by atoms with Crippen LogP contribution in [0.3, 0.4) is 0 Å². The molecule has 18 heavy (non-hydrogen) atoms. The lowest BCUT2D eigenvalue weighted by molar-refractivity contribution is 0.0696. The number of ether oxygens (including phenoxy) is 1. The maximum Gasteiger partial charge on any atom is 0.337 e. The Bertz CT molecular complexity index is 455. The van der Waals surface area contributed by atoms with Gasteiger partial charge in [0.15, 0.2) is 0 Å². The fraction of sp³-hybridized carbons (Fsp3) is 0.417. The molecule has 1 aliphatic rings. The van der Waals surface area contributed by atoms with Gasteiger partial charge in [0.05, 0.1) is 17.2 Å². The van der Waals surface area contributed by atoms with Gasteiger partial charge in [-0.3, -0.25) is 9.78 Å². The number of rotatable bonds is 4. The molecule has 1 aromatic rings. The Hall–Kier alpha value is -1.95. The van der Waals surface area contributed by atoms with Gasteiger partial charge < -0.3 is 15.2 Å². The molecule has 6 heteroatoms. The number of nitrogens with zero attached hydrogens (tertiary/aromatic N) is 1. The van der Waals surface area contributed by atoms with Crippen LogP contribution in [0.25, 0.3) is 0 Å². The average molecular weight is 250 g/mol. The van der Waals surface area contributed by atoms with Gasteiger partial charge in [0.1, 0.15) is 0 Å². The molecule has 1 atom stereocenters. The molecule has 6 nitrogen and oxygen atoms in total. The normalized spacial score (nSPS) is 18.6. The summed E-state index contributed by atoms with van der Waals surface area (Å²) >= 11 is 0. The molecule has 0 aliphatic carbocycles. The van der Waals surface area contributed by atoms with Crippen molar-refractivity contribution in [2.24, 2.45) is 0 Å². The van der Waals surface area contributed by atoms with Crippen molar-refractivity contribution in [2.45, 2.75) is 18.9 Å². The first-order chi connectivity index (χ1) is 8.66. The molecule has 1 aliphatic heterocycles. The second-order valence-corrected chi connectivity index (χ2v) is 4.11. The van der Waals surface area contributed by atoms with Gasteiger partial charge in [-0.2, -0.15) is 0 Å². The van der Waals surface area contributed by atoms with Crippen molar-refractivity contribution in [1.82, 2.24) is 10.3 Å². The third-order valence-electron chi connectivity index (χ3n) is 2.76. The summed E-state index contributed by atoms with van der Waals surface area (Å²) in [5.41, 5.74) is 0.243. The first-order valence-electron chi connectivity index (χ1n) is 5.75. The number of aromatic carboxylic acids is 1. The highest BCUT2D eigenvalue weighted by atomic mass is 16.5. The van der Waals surface area contributed by atoms with Gasteiger partial charge in [0.2, 0.25) is 0 Å². The Balaban J connectivity index is 1.95. The molecule has 0 saturated carbocycles. The molecule has 0 aromatic carbocycles. The van der Waals surface area contributed by atoms with Crippen LogP contribution in [0, 0.1) is 0 Å². The number of hydrogen-bond acceptors (Lipinski definition) is 4. The summed E-state index contributed by atoms with van der Waals surface area (Å²) < 4.78 is 5.38. The summed E-state index contributed by atoms with van der Waals surface area (Å²) in [6.45, 7) is 1.17.